The summed E-state index contributed by atoms with van der Waals surface area (Å²) >= 11 is 0. The van der Waals surface area contributed by atoms with Crippen molar-refractivity contribution in [2.24, 2.45) is 0 Å². The molecule has 4 heteroatoms. The zero-order valence-electron chi connectivity index (χ0n) is 15.3. The van der Waals surface area contributed by atoms with Crippen LogP contribution in [0.2, 0.25) is 0 Å². The van der Waals surface area contributed by atoms with E-state index in [-0.39, 0.29) is 12.0 Å². The second kappa shape index (κ2) is 7.50. The Morgan fingerprint density at radius 3 is 2.88 bits per heavy atom. The average Bonchev–Trinajstić information content (AvgIpc) is 3.25. The third-order valence-corrected chi connectivity index (χ3v) is 5.33. The van der Waals surface area contributed by atoms with E-state index in [0.29, 0.717) is 6.42 Å². The van der Waals surface area contributed by atoms with Crippen LogP contribution >= 0.6 is 0 Å². The maximum atomic E-state index is 12.3. The number of para-hydroxylation sites is 1. The molecule has 0 fully saturated rings. The van der Waals surface area contributed by atoms with Gasteiger partial charge >= 0.3 is 0 Å². The van der Waals surface area contributed by atoms with Gasteiger partial charge in [-0.05, 0) is 61.2 Å². The standard InChI is InChI=1S/C22H26N2O2/c1-24(15-20-14-18-5-2-3-8-21(18)26-20)12-11-22(25)23-19-10-9-16-6-4-7-17(16)13-19/h2-3,5,8-10,13,20H,4,6-7,11-12,14-15H2,1H3,(H,23,25). The molecule has 1 unspecified atom stereocenters. The molecule has 4 nitrogen and oxygen atoms in total. The molecule has 4 rings (SSSR count). The molecule has 136 valence electrons. The number of likely N-dealkylation sites (N-methyl/N-ethyl adjacent to an activating group) is 1. The number of aryl methyl sites for hydroxylation is 2. The number of hydrogen-bond donors (Lipinski definition) is 1. The van der Waals surface area contributed by atoms with E-state index >= 15 is 0 Å². The molecule has 0 saturated heterocycles. The van der Waals surface area contributed by atoms with Gasteiger partial charge in [-0.15, -0.1) is 0 Å². The number of benzene rings is 2. The molecule has 2 aromatic carbocycles. The highest BCUT2D eigenvalue weighted by atomic mass is 16.5. The molecular weight excluding hydrogens is 324 g/mol. The molecule has 1 aliphatic heterocycles. The lowest BCUT2D eigenvalue weighted by molar-refractivity contribution is -0.116. The fourth-order valence-electron chi connectivity index (χ4n) is 3.96. The number of rotatable bonds is 6. The van der Waals surface area contributed by atoms with Gasteiger partial charge in [0, 0.05) is 31.6 Å². The maximum absolute atomic E-state index is 12.3. The second-order valence-corrected chi connectivity index (χ2v) is 7.45. The van der Waals surface area contributed by atoms with Gasteiger partial charge in [-0.2, -0.15) is 0 Å². The summed E-state index contributed by atoms with van der Waals surface area (Å²) in [6.07, 6.45) is 5.14. The SMILES string of the molecule is CN(CCC(=O)Nc1ccc2c(c1)CCC2)CC1Cc2ccccc2O1. The number of ether oxygens (including phenoxy) is 1. The molecule has 1 aliphatic carbocycles. The molecular formula is C22H26N2O2. The van der Waals surface area contributed by atoms with Crippen molar-refractivity contribution in [3.05, 3.63) is 59.2 Å². The van der Waals surface area contributed by atoms with Crippen LogP contribution in [0.25, 0.3) is 0 Å². The summed E-state index contributed by atoms with van der Waals surface area (Å²) in [5, 5.41) is 3.04. The third kappa shape index (κ3) is 3.91. The first kappa shape index (κ1) is 17.1. The lowest BCUT2D eigenvalue weighted by atomic mass is 10.1. The van der Waals surface area contributed by atoms with Gasteiger partial charge in [0.15, 0.2) is 0 Å². The first-order valence-corrected chi connectivity index (χ1v) is 9.52. The van der Waals surface area contributed by atoms with Gasteiger partial charge in [0.05, 0.1) is 0 Å². The minimum Gasteiger partial charge on any atom is -0.488 e. The van der Waals surface area contributed by atoms with Gasteiger partial charge in [-0.1, -0.05) is 24.3 Å². The minimum atomic E-state index is 0.0745. The molecule has 0 aromatic heterocycles. The highest BCUT2D eigenvalue weighted by Gasteiger charge is 2.23. The van der Waals surface area contributed by atoms with Gasteiger partial charge in [0.1, 0.15) is 11.9 Å². The molecule has 2 aliphatic rings. The zero-order chi connectivity index (χ0) is 17.9. The third-order valence-electron chi connectivity index (χ3n) is 5.33. The van der Waals surface area contributed by atoms with E-state index < -0.39 is 0 Å². The summed E-state index contributed by atoms with van der Waals surface area (Å²) in [4.78, 5) is 14.4. The monoisotopic (exact) mass is 350 g/mol. The lowest BCUT2D eigenvalue weighted by Crippen LogP contribution is -2.34. The smallest absolute Gasteiger partial charge is 0.225 e. The number of anilines is 1. The van der Waals surface area contributed by atoms with Crippen molar-refractivity contribution >= 4 is 11.6 Å². The van der Waals surface area contributed by atoms with E-state index in [1.807, 2.05) is 18.2 Å². The molecule has 1 heterocycles. The molecule has 1 N–H and O–H groups in total. The minimum absolute atomic E-state index is 0.0745. The molecule has 0 spiro atoms. The highest BCUT2D eigenvalue weighted by molar-refractivity contribution is 5.91. The fraction of sp³-hybridized carbons (Fsp3) is 0.409. The zero-order valence-corrected chi connectivity index (χ0v) is 15.3. The van der Waals surface area contributed by atoms with E-state index in [4.69, 9.17) is 4.74 Å². The van der Waals surface area contributed by atoms with Crippen molar-refractivity contribution in [2.45, 2.75) is 38.2 Å². The van der Waals surface area contributed by atoms with E-state index in [9.17, 15) is 4.79 Å². The van der Waals surface area contributed by atoms with Crippen molar-refractivity contribution in [1.82, 2.24) is 4.90 Å². The number of fused-ring (bicyclic) bond motifs is 2. The van der Waals surface area contributed by atoms with Crippen LogP contribution in [0.3, 0.4) is 0 Å². The first-order valence-electron chi connectivity index (χ1n) is 9.52. The molecule has 1 atom stereocenters. The molecule has 0 radical (unpaired) electrons. The molecule has 0 saturated carbocycles. The topological polar surface area (TPSA) is 41.6 Å². The average molecular weight is 350 g/mol. The van der Waals surface area contributed by atoms with Crippen LogP contribution < -0.4 is 10.1 Å². The maximum Gasteiger partial charge on any atom is 0.225 e. The van der Waals surface area contributed by atoms with Crippen molar-refractivity contribution in [2.75, 3.05) is 25.5 Å². The molecule has 1 amide bonds. The van der Waals surface area contributed by atoms with Crippen molar-refractivity contribution in [3.63, 3.8) is 0 Å². The summed E-state index contributed by atoms with van der Waals surface area (Å²) in [5.41, 5.74) is 5.02. The van der Waals surface area contributed by atoms with Crippen LogP contribution in [-0.2, 0) is 24.1 Å². The van der Waals surface area contributed by atoms with E-state index in [0.717, 1.165) is 37.4 Å². The number of carbonyl (C=O) groups is 1. The summed E-state index contributed by atoms with van der Waals surface area (Å²) in [6.45, 7) is 1.56. The largest absolute Gasteiger partial charge is 0.488 e. The van der Waals surface area contributed by atoms with Crippen molar-refractivity contribution in [3.8, 4) is 5.75 Å². The van der Waals surface area contributed by atoms with Gasteiger partial charge in [-0.3, -0.25) is 4.79 Å². The summed E-state index contributed by atoms with van der Waals surface area (Å²) < 4.78 is 5.98. The Hall–Kier alpha value is -2.33. The normalized spacial score (nSPS) is 17.7. The van der Waals surface area contributed by atoms with Crippen LogP contribution in [-0.4, -0.2) is 37.0 Å². The summed E-state index contributed by atoms with van der Waals surface area (Å²) in [5.74, 6) is 1.07. The van der Waals surface area contributed by atoms with Gasteiger partial charge in [0.25, 0.3) is 0 Å². The Morgan fingerprint density at radius 1 is 1.15 bits per heavy atom. The van der Waals surface area contributed by atoms with Gasteiger partial charge in [-0.25, -0.2) is 0 Å². The van der Waals surface area contributed by atoms with E-state index in [1.165, 1.54) is 29.5 Å². The van der Waals surface area contributed by atoms with E-state index in [1.54, 1.807) is 0 Å². The number of nitrogens with one attached hydrogen (secondary N) is 1. The lowest BCUT2D eigenvalue weighted by Gasteiger charge is -2.20. The Morgan fingerprint density at radius 2 is 2.00 bits per heavy atom. The van der Waals surface area contributed by atoms with E-state index in [2.05, 4.69) is 41.5 Å². The molecule has 0 bridgehead atoms. The Bertz CT molecular complexity index is 777. The summed E-state index contributed by atoms with van der Waals surface area (Å²) in [7, 11) is 2.05. The second-order valence-electron chi connectivity index (χ2n) is 7.45. The van der Waals surface area contributed by atoms with Crippen LogP contribution in [0, 0.1) is 0 Å². The predicted molar refractivity (Wildman–Crippen MR) is 104 cm³/mol. The predicted octanol–water partition coefficient (Wildman–Crippen LogP) is 3.44. The Balaban J connectivity index is 1.22. The van der Waals surface area contributed by atoms with Crippen LogP contribution in [0.15, 0.2) is 42.5 Å². The number of hydrogen-bond acceptors (Lipinski definition) is 3. The first-order chi connectivity index (χ1) is 12.7. The van der Waals surface area contributed by atoms with Crippen LogP contribution in [0.4, 0.5) is 5.69 Å². The van der Waals surface area contributed by atoms with Crippen molar-refractivity contribution in [1.29, 1.82) is 0 Å². The van der Waals surface area contributed by atoms with Gasteiger partial charge < -0.3 is 15.0 Å². The highest BCUT2D eigenvalue weighted by Crippen LogP contribution is 2.28. The fourth-order valence-corrected chi connectivity index (χ4v) is 3.96. The van der Waals surface area contributed by atoms with Crippen LogP contribution in [0.5, 0.6) is 5.75 Å². The Kier molecular flexibility index (Phi) is 4.93. The van der Waals surface area contributed by atoms with Crippen LogP contribution in [0.1, 0.15) is 29.5 Å². The molecule has 26 heavy (non-hydrogen) atoms. The summed E-state index contributed by atoms with van der Waals surface area (Å²) in [6, 6.07) is 14.5. The Labute approximate surface area is 155 Å². The quantitative estimate of drug-likeness (QED) is 0.868. The van der Waals surface area contributed by atoms with Crippen molar-refractivity contribution < 1.29 is 9.53 Å². The number of carbonyl (C=O) groups excluding carboxylic acids is 1. The molecule has 2 aromatic rings. The number of amides is 1. The number of nitrogens with zero attached hydrogens (tertiary/aromatic N) is 1. The van der Waals surface area contributed by atoms with Gasteiger partial charge in [0.2, 0.25) is 5.91 Å².